The molecule has 2 rings (SSSR count). The number of carboxylic acid groups (broad SMARTS) is 1. The molecule has 2 unspecified atom stereocenters. The van der Waals surface area contributed by atoms with Crippen LogP contribution in [0.4, 0.5) is 0 Å². The molecule has 4 atom stereocenters. The minimum Gasteiger partial charge on any atom is -0.480 e. The van der Waals surface area contributed by atoms with Gasteiger partial charge in [-0.3, -0.25) is 14.8 Å². The minimum atomic E-state index is -0.931. The molecular weight excluding hydrogens is 404 g/mol. The van der Waals surface area contributed by atoms with Crippen molar-refractivity contribution < 1.29 is 29.6 Å². The third-order valence-electron chi connectivity index (χ3n) is 5.31. The average molecular weight is 435 g/mol. The van der Waals surface area contributed by atoms with Gasteiger partial charge in [-0.2, -0.15) is 0 Å². The van der Waals surface area contributed by atoms with Crippen molar-refractivity contribution in [2.75, 3.05) is 31.2 Å². The van der Waals surface area contributed by atoms with Crippen LogP contribution in [0.3, 0.4) is 0 Å². The molecule has 2 fully saturated rings. The first kappa shape index (κ1) is 23.3. The van der Waals surface area contributed by atoms with Gasteiger partial charge in [-0.05, 0) is 25.7 Å². The molecule has 2 aliphatic heterocycles. The number of aliphatic carboxylic acids is 1. The summed E-state index contributed by atoms with van der Waals surface area (Å²) in [4.78, 5) is 43.9. The minimum absolute atomic E-state index is 0.0575. The van der Waals surface area contributed by atoms with Gasteiger partial charge in [0.1, 0.15) is 12.6 Å². The van der Waals surface area contributed by atoms with Gasteiger partial charge in [-0.1, -0.05) is 35.4 Å². The van der Waals surface area contributed by atoms with E-state index in [9.17, 15) is 19.5 Å². The maximum absolute atomic E-state index is 12.6. The Kier molecular flexibility index (Phi) is 9.39. The van der Waals surface area contributed by atoms with Crippen molar-refractivity contribution in [3.63, 3.8) is 0 Å². The molecule has 0 bridgehead atoms. The first-order chi connectivity index (χ1) is 13.4. The second kappa shape index (κ2) is 11.3. The molecule has 2 heterocycles. The predicted molar refractivity (Wildman–Crippen MR) is 109 cm³/mol. The number of hydrogen-bond donors (Lipinski definition) is 2. The van der Waals surface area contributed by atoms with Crippen LogP contribution < -0.4 is 0 Å². The highest BCUT2D eigenvalue weighted by atomic mass is 33.1. The van der Waals surface area contributed by atoms with Crippen molar-refractivity contribution in [1.29, 1.82) is 0 Å². The molecule has 0 spiro atoms. The molecule has 2 aliphatic rings. The third-order valence-corrected chi connectivity index (χ3v) is 8.07. The molecule has 2 N–H and O–H groups in total. The summed E-state index contributed by atoms with van der Waals surface area (Å²) in [5.74, 6) is -0.165. The fourth-order valence-electron chi connectivity index (χ4n) is 3.68. The van der Waals surface area contributed by atoms with Gasteiger partial charge in [-0.25, -0.2) is 9.68 Å². The van der Waals surface area contributed by atoms with Gasteiger partial charge < -0.3 is 14.9 Å². The van der Waals surface area contributed by atoms with Gasteiger partial charge >= 0.3 is 5.97 Å². The summed E-state index contributed by atoms with van der Waals surface area (Å²) in [5.41, 5.74) is 0. The molecule has 0 saturated carbocycles. The molecule has 160 valence electrons. The number of hydrogen-bond acceptors (Lipinski definition) is 7. The maximum Gasteiger partial charge on any atom is 0.326 e. The zero-order valence-corrected chi connectivity index (χ0v) is 18.0. The van der Waals surface area contributed by atoms with Crippen LogP contribution in [0.2, 0.25) is 0 Å². The zero-order chi connectivity index (χ0) is 20.7. The molecule has 8 nitrogen and oxygen atoms in total. The number of nitrogens with zero attached hydrogens (tertiary/aromatic N) is 2. The fraction of sp³-hybridized carbons (Fsp3) is 0.833. The second-order valence-electron chi connectivity index (χ2n) is 7.52. The summed E-state index contributed by atoms with van der Waals surface area (Å²) in [6, 6.07) is -0.751. The fourth-order valence-corrected chi connectivity index (χ4v) is 6.37. The van der Waals surface area contributed by atoms with Gasteiger partial charge in [0.15, 0.2) is 0 Å². The molecule has 0 aliphatic carbocycles. The Morgan fingerprint density at radius 3 is 2.11 bits per heavy atom. The molecule has 0 aromatic carbocycles. The molecule has 0 radical (unpaired) electrons. The SMILES string of the molecule is C[C@H](CSSC[C@@H](C)C(=O)N1CCCC1C(=O)O)C(=O)N1CCCC1COO. The molecule has 2 amide bonds. The Labute approximate surface area is 173 Å². The Bertz CT molecular complexity index is 564. The average Bonchev–Trinajstić information content (AvgIpc) is 3.33. The quantitative estimate of drug-likeness (QED) is 0.233. The zero-order valence-electron chi connectivity index (χ0n) is 16.4. The highest BCUT2D eigenvalue weighted by molar-refractivity contribution is 8.76. The highest BCUT2D eigenvalue weighted by Crippen LogP contribution is 2.30. The first-order valence-electron chi connectivity index (χ1n) is 9.71. The van der Waals surface area contributed by atoms with E-state index in [2.05, 4.69) is 4.89 Å². The van der Waals surface area contributed by atoms with Gasteiger partial charge in [0.05, 0.1) is 6.04 Å². The predicted octanol–water partition coefficient (Wildman–Crippen LogP) is 2.20. The van der Waals surface area contributed by atoms with Crippen molar-refractivity contribution in [2.45, 2.75) is 51.6 Å². The van der Waals surface area contributed by atoms with E-state index in [4.69, 9.17) is 5.26 Å². The van der Waals surface area contributed by atoms with Gasteiger partial charge in [0, 0.05) is 36.4 Å². The van der Waals surface area contributed by atoms with Crippen molar-refractivity contribution >= 4 is 39.4 Å². The van der Waals surface area contributed by atoms with Gasteiger partial charge in [0.2, 0.25) is 11.8 Å². The molecule has 28 heavy (non-hydrogen) atoms. The van der Waals surface area contributed by atoms with Crippen molar-refractivity contribution in [3.05, 3.63) is 0 Å². The van der Waals surface area contributed by atoms with Crippen LogP contribution in [-0.2, 0) is 19.3 Å². The number of rotatable bonds is 10. The number of amides is 2. The number of carbonyl (C=O) groups is 3. The largest absolute Gasteiger partial charge is 0.480 e. The van der Waals surface area contributed by atoms with Gasteiger partial charge in [0.25, 0.3) is 0 Å². The number of likely N-dealkylation sites (tertiary alicyclic amines) is 2. The van der Waals surface area contributed by atoms with E-state index in [1.165, 1.54) is 4.90 Å². The Morgan fingerprint density at radius 2 is 1.54 bits per heavy atom. The van der Waals surface area contributed by atoms with Crippen LogP contribution in [0.15, 0.2) is 0 Å². The van der Waals surface area contributed by atoms with E-state index < -0.39 is 12.0 Å². The van der Waals surface area contributed by atoms with Crippen LogP contribution in [0.5, 0.6) is 0 Å². The lowest BCUT2D eigenvalue weighted by Gasteiger charge is -2.26. The molecule has 0 aromatic rings. The summed E-state index contributed by atoms with van der Waals surface area (Å²) in [7, 11) is 3.10. The van der Waals surface area contributed by atoms with Crippen molar-refractivity contribution in [1.82, 2.24) is 9.80 Å². The van der Waals surface area contributed by atoms with Crippen LogP contribution >= 0.6 is 21.6 Å². The van der Waals surface area contributed by atoms with E-state index in [1.807, 2.05) is 13.8 Å². The lowest BCUT2D eigenvalue weighted by atomic mass is 10.1. The second-order valence-corrected chi connectivity index (χ2v) is 10.1. The van der Waals surface area contributed by atoms with Crippen LogP contribution in [0, 0.1) is 11.8 Å². The van der Waals surface area contributed by atoms with E-state index in [0.717, 1.165) is 19.3 Å². The monoisotopic (exact) mass is 434 g/mol. The third kappa shape index (κ3) is 6.01. The molecule has 2 saturated heterocycles. The van der Waals surface area contributed by atoms with Gasteiger partial charge in [-0.15, -0.1) is 0 Å². The summed E-state index contributed by atoms with van der Waals surface area (Å²) in [6.07, 6.45) is 3.01. The summed E-state index contributed by atoms with van der Waals surface area (Å²) < 4.78 is 0. The first-order valence-corrected chi connectivity index (χ1v) is 12.2. The Morgan fingerprint density at radius 1 is 1.00 bits per heavy atom. The number of carbonyl (C=O) groups excluding carboxylic acids is 2. The number of carboxylic acids is 1. The normalized spacial score (nSPS) is 24.4. The maximum atomic E-state index is 12.6. The lowest BCUT2D eigenvalue weighted by Crippen LogP contribution is -2.43. The van der Waals surface area contributed by atoms with E-state index in [1.54, 1.807) is 26.5 Å². The summed E-state index contributed by atoms with van der Waals surface area (Å²) in [5, 5.41) is 17.9. The van der Waals surface area contributed by atoms with E-state index in [0.29, 0.717) is 31.0 Å². The summed E-state index contributed by atoms with van der Waals surface area (Å²) in [6.45, 7) is 5.07. The molecular formula is C18H30N2O6S2. The summed E-state index contributed by atoms with van der Waals surface area (Å²) >= 11 is 0. The van der Waals surface area contributed by atoms with Crippen LogP contribution in [-0.4, -0.2) is 81.2 Å². The van der Waals surface area contributed by atoms with Crippen molar-refractivity contribution in [3.8, 4) is 0 Å². The molecule has 10 heteroatoms. The van der Waals surface area contributed by atoms with Crippen molar-refractivity contribution in [2.24, 2.45) is 11.8 Å². The highest BCUT2D eigenvalue weighted by Gasteiger charge is 2.36. The Balaban J connectivity index is 1.70. The standard InChI is InChI=1S/C18H30N2O6S2/c1-12(16(21)19-7-3-5-14(19)9-26-25)10-27-28-11-13(2)17(22)20-8-4-6-15(20)18(23)24/h12-15,25H,3-11H2,1-2H3,(H,23,24)/t12-,13-,14?,15?/m1/s1. The van der Waals surface area contributed by atoms with E-state index in [-0.39, 0.29) is 36.3 Å². The van der Waals surface area contributed by atoms with Crippen LogP contribution in [0.25, 0.3) is 0 Å². The molecule has 0 aromatic heterocycles. The Hall–Kier alpha value is -0.970. The smallest absolute Gasteiger partial charge is 0.326 e. The van der Waals surface area contributed by atoms with E-state index >= 15 is 0 Å². The lowest BCUT2D eigenvalue weighted by molar-refractivity contribution is -0.250. The topological polar surface area (TPSA) is 107 Å². The van der Waals surface area contributed by atoms with Crippen LogP contribution in [0.1, 0.15) is 39.5 Å².